The maximum Gasteiger partial charge on any atom is 0.264 e. The van der Waals surface area contributed by atoms with Gasteiger partial charge in [-0.2, -0.15) is 5.10 Å². The summed E-state index contributed by atoms with van der Waals surface area (Å²) in [5.74, 6) is 0.840. The summed E-state index contributed by atoms with van der Waals surface area (Å²) in [6.45, 7) is 3.00. The zero-order valence-electron chi connectivity index (χ0n) is 15.1. The molecule has 3 aromatic rings. The lowest BCUT2D eigenvalue weighted by atomic mass is 10.2. The van der Waals surface area contributed by atoms with Crippen molar-refractivity contribution in [3.8, 4) is 0 Å². The quantitative estimate of drug-likeness (QED) is 0.695. The second-order valence-corrected chi connectivity index (χ2v) is 8.02. The first kappa shape index (κ1) is 17.0. The zero-order chi connectivity index (χ0) is 18.4. The maximum atomic E-state index is 12.9. The van der Waals surface area contributed by atoms with E-state index in [1.807, 2.05) is 21.4 Å². The molecule has 0 bridgehead atoms. The van der Waals surface area contributed by atoms with Gasteiger partial charge in [0, 0.05) is 24.7 Å². The molecule has 0 unspecified atom stereocenters. The highest BCUT2D eigenvalue weighted by Crippen LogP contribution is 2.30. The summed E-state index contributed by atoms with van der Waals surface area (Å²) in [5.41, 5.74) is 2.02. The Balaban J connectivity index is 1.47. The lowest BCUT2D eigenvalue weighted by Gasteiger charge is -2.29. The Morgan fingerprint density at radius 2 is 1.89 bits per heavy atom. The molecule has 7 heteroatoms. The Morgan fingerprint density at radius 1 is 1.11 bits per heavy atom. The van der Waals surface area contributed by atoms with E-state index in [1.165, 1.54) is 18.4 Å². The Labute approximate surface area is 162 Å². The Kier molecular flexibility index (Phi) is 4.25. The molecule has 0 spiro atoms. The van der Waals surface area contributed by atoms with Gasteiger partial charge in [0.15, 0.2) is 5.65 Å². The van der Waals surface area contributed by atoms with Gasteiger partial charge in [-0.25, -0.2) is 9.67 Å². The molecular formula is C20H22ClN5O. The second kappa shape index (κ2) is 6.77. The Hall–Kier alpha value is -2.18. The molecular weight excluding hydrogens is 362 g/mol. The predicted molar refractivity (Wildman–Crippen MR) is 105 cm³/mol. The van der Waals surface area contributed by atoms with Gasteiger partial charge in [-0.05, 0) is 30.5 Å². The van der Waals surface area contributed by atoms with Gasteiger partial charge in [0.2, 0.25) is 0 Å². The normalized spacial score (nSPS) is 18.3. The van der Waals surface area contributed by atoms with Gasteiger partial charge >= 0.3 is 0 Å². The number of benzene rings is 1. The molecule has 27 heavy (non-hydrogen) atoms. The molecule has 1 fully saturated rings. The van der Waals surface area contributed by atoms with E-state index >= 15 is 0 Å². The van der Waals surface area contributed by atoms with Crippen LogP contribution in [0.5, 0.6) is 0 Å². The third-order valence-corrected chi connectivity index (χ3v) is 6.04. The summed E-state index contributed by atoms with van der Waals surface area (Å²) in [6.07, 6.45) is 6.41. The van der Waals surface area contributed by atoms with Crippen LogP contribution in [-0.2, 0) is 19.6 Å². The molecule has 0 atom stereocenters. The fourth-order valence-corrected chi connectivity index (χ4v) is 4.46. The highest BCUT2D eigenvalue weighted by atomic mass is 35.5. The van der Waals surface area contributed by atoms with Crippen molar-refractivity contribution in [3.63, 3.8) is 0 Å². The number of rotatable bonds is 3. The van der Waals surface area contributed by atoms with Crippen molar-refractivity contribution in [3.05, 3.63) is 57.2 Å². The Morgan fingerprint density at radius 3 is 2.67 bits per heavy atom. The first-order chi connectivity index (χ1) is 13.2. The minimum Gasteiger partial charge on any atom is -0.294 e. The maximum absolute atomic E-state index is 12.9. The standard InChI is InChI=1S/C20H22ClN5O/c21-15-7-5-14(6-8-15)12-24-9-10-25-18(13-24)23-19-17(20(25)27)11-22-26(19)16-3-1-2-4-16/h5-8,11,16H,1-4,9-10,12-13H2. The van der Waals surface area contributed by atoms with Crippen LogP contribution in [-0.4, -0.2) is 30.8 Å². The molecule has 2 aliphatic rings. The molecule has 1 aliphatic carbocycles. The molecule has 5 rings (SSSR count). The van der Waals surface area contributed by atoms with E-state index < -0.39 is 0 Å². The molecule has 0 amide bonds. The first-order valence-corrected chi connectivity index (χ1v) is 10.0. The topological polar surface area (TPSA) is 56.0 Å². The number of aromatic nitrogens is 4. The van der Waals surface area contributed by atoms with Crippen molar-refractivity contribution in [2.75, 3.05) is 6.54 Å². The first-order valence-electron chi connectivity index (χ1n) is 9.63. The smallest absolute Gasteiger partial charge is 0.264 e. The van der Waals surface area contributed by atoms with Crippen LogP contribution in [0.1, 0.15) is 43.1 Å². The van der Waals surface area contributed by atoms with Crippen molar-refractivity contribution < 1.29 is 0 Å². The molecule has 0 N–H and O–H groups in total. The van der Waals surface area contributed by atoms with Crippen molar-refractivity contribution in [2.45, 2.75) is 51.4 Å². The molecule has 2 aromatic heterocycles. The van der Waals surface area contributed by atoms with Crippen LogP contribution in [0.3, 0.4) is 0 Å². The van der Waals surface area contributed by atoms with Gasteiger partial charge in [-0.3, -0.25) is 14.3 Å². The van der Waals surface area contributed by atoms with E-state index in [9.17, 15) is 4.79 Å². The molecule has 140 valence electrons. The minimum atomic E-state index is 0.0467. The van der Waals surface area contributed by atoms with Gasteiger partial charge in [0.05, 0.1) is 18.8 Å². The number of hydrogen-bond acceptors (Lipinski definition) is 4. The SMILES string of the molecule is O=c1c2cnn(C3CCCC3)c2nc2n1CCN(Cc1ccc(Cl)cc1)C2. The van der Waals surface area contributed by atoms with E-state index in [4.69, 9.17) is 16.6 Å². The van der Waals surface area contributed by atoms with Gasteiger partial charge in [0.1, 0.15) is 11.2 Å². The van der Waals surface area contributed by atoms with Crippen LogP contribution in [0.4, 0.5) is 0 Å². The van der Waals surface area contributed by atoms with Crippen LogP contribution in [0.25, 0.3) is 11.0 Å². The van der Waals surface area contributed by atoms with E-state index in [0.717, 1.165) is 42.4 Å². The van der Waals surface area contributed by atoms with Gasteiger partial charge in [0.25, 0.3) is 5.56 Å². The van der Waals surface area contributed by atoms with Crippen molar-refractivity contribution in [1.29, 1.82) is 0 Å². The van der Waals surface area contributed by atoms with Crippen LogP contribution in [0.15, 0.2) is 35.3 Å². The molecule has 1 aliphatic heterocycles. The van der Waals surface area contributed by atoms with E-state index in [1.54, 1.807) is 6.20 Å². The van der Waals surface area contributed by atoms with Crippen molar-refractivity contribution >= 4 is 22.6 Å². The number of hydrogen-bond donors (Lipinski definition) is 0. The van der Waals surface area contributed by atoms with Gasteiger partial charge in [-0.1, -0.05) is 36.6 Å². The highest BCUT2D eigenvalue weighted by molar-refractivity contribution is 6.30. The molecule has 0 saturated heterocycles. The zero-order valence-corrected chi connectivity index (χ0v) is 15.9. The van der Waals surface area contributed by atoms with Crippen LogP contribution in [0, 0.1) is 0 Å². The summed E-state index contributed by atoms with van der Waals surface area (Å²) in [7, 11) is 0. The average Bonchev–Trinajstić information content (AvgIpc) is 3.33. The predicted octanol–water partition coefficient (Wildman–Crippen LogP) is 3.38. The number of nitrogens with zero attached hydrogens (tertiary/aromatic N) is 5. The monoisotopic (exact) mass is 383 g/mol. The summed E-state index contributed by atoms with van der Waals surface area (Å²) in [4.78, 5) is 20.2. The van der Waals surface area contributed by atoms with Crippen molar-refractivity contribution in [1.82, 2.24) is 24.2 Å². The van der Waals surface area contributed by atoms with Crippen LogP contribution < -0.4 is 5.56 Å². The molecule has 0 radical (unpaired) electrons. The van der Waals surface area contributed by atoms with Crippen LogP contribution >= 0.6 is 11.6 Å². The largest absolute Gasteiger partial charge is 0.294 e. The molecule has 1 aromatic carbocycles. The van der Waals surface area contributed by atoms with E-state index in [0.29, 0.717) is 24.5 Å². The summed E-state index contributed by atoms with van der Waals surface area (Å²) < 4.78 is 3.81. The fraction of sp³-hybridized carbons (Fsp3) is 0.450. The summed E-state index contributed by atoms with van der Waals surface area (Å²) in [5, 5.41) is 5.92. The lowest BCUT2D eigenvalue weighted by Crippen LogP contribution is -2.39. The van der Waals surface area contributed by atoms with E-state index in [2.05, 4.69) is 22.1 Å². The lowest BCUT2D eigenvalue weighted by molar-refractivity contribution is 0.204. The summed E-state index contributed by atoms with van der Waals surface area (Å²) in [6, 6.07) is 8.32. The van der Waals surface area contributed by atoms with Crippen molar-refractivity contribution in [2.24, 2.45) is 0 Å². The number of fused-ring (bicyclic) bond motifs is 2. The van der Waals surface area contributed by atoms with E-state index in [-0.39, 0.29) is 5.56 Å². The molecule has 3 heterocycles. The van der Waals surface area contributed by atoms with Gasteiger partial charge < -0.3 is 0 Å². The fourth-order valence-electron chi connectivity index (χ4n) is 4.33. The highest BCUT2D eigenvalue weighted by Gasteiger charge is 2.25. The second-order valence-electron chi connectivity index (χ2n) is 7.59. The van der Waals surface area contributed by atoms with Gasteiger partial charge in [-0.15, -0.1) is 0 Å². The Bertz CT molecular complexity index is 1030. The minimum absolute atomic E-state index is 0.0467. The van der Waals surface area contributed by atoms with Crippen LogP contribution in [0.2, 0.25) is 5.02 Å². The number of halogens is 1. The third kappa shape index (κ3) is 3.07. The summed E-state index contributed by atoms with van der Waals surface area (Å²) >= 11 is 5.98. The molecule has 6 nitrogen and oxygen atoms in total. The third-order valence-electron chi connectivity index (χ3n) is 5.79. The average molecular weight is 384 g/mol. The molecule has 1 saturated carbocycles.